The van der Waals surface area contributed by atoms with Crippen molar-refractivity contribution in [2.24, 2.45) is 0 Å². The number of aromatic nitrogens is 2. The lowest BCUT2D eigenvalue weighted by Gasteiger charge is -2.21. The zero-order valence-electron chi connectivity index (χ0n) is 17.4. The molecule has 2 heterocycles. The van der Waals surface area contributed by atoms with Crippen molar-refractivity contribution in [3.05, 3.63) is 83.4 Å². The first kappa shape index (κ1) is 20.5. The number of anilines is 2. The zero-order chi connectivity index (χ0) is 20.8. The third-order valence-electron chi connectivity index (χ3n) is 4.81. The lowest BCUT2D eigenvalue weighted by molar-refractivity contribution is 0.0946. The molecule has 0 aliphatic carbocycles. The molecule has 0 aliphatic rings. The van der Waals surface area contributed by atoms with Gasteiger partial charge in [0.15, 0.2) is 0 Å². The van der Waals surface area contributed by atoms with E-state index in [0.717, 1.165) is 16.9 Å². The molecule has 0 bridgehead atoms. The number of amides is 1. The summed E-state index contributed by atoms with van der Waals surface area (Å²) in [6.45, 7) is 9.17. The van der Waals surface area contributed by atoms with Crippen LogP contribution in [0.4, 0.5) is 11.4 Å². The fourth-order valence-electron chi connectivity index (χ4n) is 3.25. The lowest BCUT2D eigenvalue weighted by Crippen LogP contribution is -2.23. The number of rotatable bonds is 7. The van der Waals surface area contributed by atoms with E-state index < -0.39 is 0 Å². The van der Waals surface area contributed by atoms with Crippen molar-refractivity contribution < 1.29 is 4.79 Å². The molecule has 0 saturated carbocycles. The Bertz CT molecular complexity index is 941. The van der Waals surface area contributed by atoms with Crippen LogP contribution in [-0.4, -0.2) is 15.9 Å². The fraction of sp³-hybridized carbons (Fsp3) is 0.292. The van der Waals surface area contributed by atoms with Gasteiger partial charge < -0.3 is 10.6 Å². The fourth-order valence-corrected chi connectivity index (χ4v) is 3.25. The summed E-state index contributed by atoms with van der Waals surface area (Å²) < 4.78 is 0. The molecule has 1 aromatic carbocycles. The Morgan fingerprint density at radius 2 is 1.69 bits per heavy atom. The van der Waals surface area contributed by atoms with Gasteiger partial charge in [0.05, 0.1) is 0 Å². The Labute approximate surface area is 172 Å². The van der Waals surface area contributed by atoms with Gasteiger partial charge in [0.25, 0.3) is 5.91 Å². The molecule has 1 amide bonds. The molecule has 150 valence electrons. The number of nitrogens with zero attached hydrogens (tertiary/aromatic N) is 2. The highest BCUT2D eigenvalue weighted by molar-refractivity contribution is 5.93. The van der Waals surface area contributed by atoms with Gasteiger partial charge in [0.1, 0.15) is 5.69 Å². The molecule has 0 spiro atoms. The van der Waals surface area contributed by atoms with Crippen molar-refractivity contribution in [1.29, 1.82) is 0 Å². The number of benzene rings is 1. The van der Waals surface area contributed by atoms with Crippen LogP contribution in [0.3, 0.4) is 0 Å². The summed E-state index contributed by atoms with van der Waals surface area (Å²) in [6, 6.07) is 13.9. The number of hydrogen-bond acceptors (Lipinski definition) is 4. The maximum absolute atomic E-state index is 12.6. The molecule has 3 rings (SSSR count). The standard InChI is InChI=1S/C24H28N4O/c1-16(2)20-8-5-9-21(17(3)4)23(20)28-19-10-12-26-22(13-19)24(29)27-15-18-7-6-11-25-14-18/h5-14,16-17H,15H2,1-4H3,(H,26,28)(H,27,29). The van der Waals surface area contributed by atoms with E-state index in [1.807, 2.05) is 18.2 Å². The predicted octanol–water partition coefficient (Wildman–Crippen LogP) is 5.40. The summed E-state index contributed by atoms with van der Waals surface area (Å²) in [5.74, 6) is 0.569. The number of hydrogen-bond donors (Lipinski definition) is 2. The van der Waals surface area contributed by atoms with E-state index in [2.05, 4.69) is 66.5 Å². The summed E-state index contributed by atoms with van der Waals surface area (Å²) >= 11 is 0. The van der Waals surface area contributed by atoms with Crippen LogP contribution in [0.5, 0.6) is 0 Å². The second-order valence-electron chi connectivity index (χ2n) is 7.72. The van der Waals surface area contributed by atoms with Crippen LogP contribution in [0.1, 0.15) is 66.7 Å². The van der Waals surface area contributed by atoms with Crippen LogP contribution in [0.15, 0.2) is 61.1 Å². The summed E-state index contributed by atoms with van der Waals surface area (Å²) in [6.07, 6.45) is 5.11. The van der Waals surface area contributed by atoms with Gasteiger partial charge >= 0.3 is 0 Å². The highest BCUT2D eigenvalue weighted by atomic mass is 16.1. The predicted molar refractivity (Wildman–Crippen MR) is 118 cm³/mol. The summed E-state index contributed by atoms with van der Waals surface area (Å²) in [4.78, 5) is 20.9. The molecule has 5 nitrogen and oxygen atoms in total. The van der Waals surface area contributed by atoms with Gasteiger partial charge in [-0.25, -0.2) is 0 Å². The number of carbonyl (C=O) groups excluding carboxylic acids is 1. The molecular formula is C24H28N4O. The summed E-state index contributed by atoms with van der Waals surface area (Å²) in [5, 5.41) is 6.44. The van der Waals surface area contributed by atoms with E-state index in [1.165, 1.54) is 11.1 Å². The van der Waals surface area contributed by atoms with Gasteiger partial charge in [-0.2, -0.15) is 0 Å². The van der Waals surface area contributed by atoms with Gasteiger partial charge in [-0.1, -0.05) is 52.0 Å². The van der Waals surface area contributed by atoms with E-state index in [4.69, 9.17) is 0 Å². The van der Waals surface area contributed by atoms with Crippen LogP contribution in [-0.2, 0) is 6.54 Å². The second-order valence-corrected chi connectivity index (χ2v) is 7.72. The highest BCUT2D eigenvalue weighted by Gasteiger charge is 2.15. The highest BCUT2D eigenvalue weighted by Crippen LogP contribution is 2.34. The average Bonchev–Trinajstić information content (AvgIpc) is 2.72. The van der Waals surface area contributed by atoms with E-state index >= 15 is 0 Å². The molecule has 0 aliphatic heterocycles. The van der Waals surface area contributed by atoms with E-state index in [0.29, 0.717) is 24.1 Å². The molecule has 0 radical (unpaired) electrons. The molecule has 0 fully saturated rings. The van der Waals surface area contributed by atoms with Crippen molar-refractivity contribution in [1.82, 2.24) is 15.3 Å². The van der Waals surface area contributed by atoms with Gasteiger partial charge in [-0.3, -0.25) is 14.8 Å². The van der Waals surface area contributed by atoms with E-state index in [1.54, 1.807) is 24.7 Å². The molecule has 3 aromatic rings. The molecule has 0 atom stereocenters. The minimum atomic E-state index is -0.210. The van der Waals surface area contributed by atoms with Crippen LogP contribution >= 0.6 is 0 Å². The van der Waals surface area contributed by atoms with Crippen molar-refractivity contribution in [2.45, 2.75) is 46.1 Å². The molecule has 29 heavy (non-hydrogen) atoms. The molecule has 2 aromatic heterocycles. The third kappa shape index (κ3) is 5.19. The van der Waals surface area contributed by atoms with Gasteiger partial charge in [0, 0.05) is 36.5 Å². The summed E-state index contributed by atoms with van der Waals surface area (Å²) in [5.41, 5.74) is 5.81. The normalized spacial score (nSPS) is 11.0. The monoisotopic (exact) mass is 388 g/mol. The molecule has 2 N–H and O–H groups in total. The van der Waals surface area contributed by atoms with Crippen LogP contribution in [0.25, 0.3) is 0 Å². The van der Waals surface area contributed by atoms with Gasteiger partial charge in [-0.05, 0) is 46.7 Å². The third-order valence-corrected chi connectivity index (χ3v) is 4.81. The SMILES string of the molecule is CC(C)c1cccc(C(C)C)c1Nc1ccnc(C(=O)NCc2cccnc2)c1. The smallest absolute Gasteiger partial charge is 0.270 e. The Kier molecular flexibility index (Phi) is 6.60. The van der Waals surface area contributed by atoms with Gasteiger partial charge in [0.2, 0.25) is 0 Å². The second kappa shape index (κ2) is 9.32. The van der Waals surface area contributed by atoms with Crippen molar-refractivity contribution in [3.8, 4) is 0 Å². The van der Waals surface area contributed by atoms with Crippen molar-refractivity contribution in [2.75, 3.05) is 5.32 Å². The quantitative estimate of drug-likeness (QED) is 0.569. The molecular weight excluding hydrogens is 360 g/mol. The topological polar surface area (TPSA) is 66.9 Å². The lowest BCUT2D eigenvalue weighted by atomic mass is 9.92. The Hall–Kier alpha value is -3.21. The zero-order valence-corrected chi connectivity index (χ0v) is 17.4. The summed E-state index contributed by atoms with van der Waals surface area (Å²) in [7, 11) is 0. The van der Waals surface area contributed by atoms with Crippen LogP contribution < -0.4 is 10.6 Å². The largest absolute Gasteiger partial charge is 0.355 e. The van der Waals surface area contributed by atoms with E-state index in [-0.39, 0.29) is 5.91 Å². The maximum atomic E-state index is 12.6. The van der Waals surface area contributed by atoms with Crippen LogP contribution in [0, 0.1) is 0 Å². The molecule has 0 saturated heterocycles. The number of para-hydroxylation sites is 1. The number of pyridine rings is 2. The molecule has 0 unspecified atom stereocenters. The Morgan fingerprint density at radius 3 is 2.31 bits per heavy atom. The first-order valence-electron chi connectivity index (χ1n) is 9.98. The maximum Gasteiger partial charge on any atom is 0.270 e. The van der Waals surface area contributed by atoms with Crippen molar-refractivity contribution in [3.63, 3.8) is 0 Å². The number of carbonyl (C=O) groups is 1. The minimum Gasteiger partial charge on any atom is -0.355 e. The first-order valence-corrected chi connectivity index (χ1v) is 9.98. The van der Waals surface area contributed by atoms with Crippen molar-refractivity contribution >= 4 is 17.3 Å². The van der Waals surface area contributed by atoms with Gasteiger partial charge in [-0.15, -0.1) is 0 Å². The van der Waals surface area contributed by atoms with Crippen LogP contribution in [0.2, 0.25) is 0 Å². The Balaban J connectivity index is 1.81. The Morgan fingerprint density at radius 1 is 0.966 bits per heavy atom. The molecule has 5 heteroatoms. The average molecular weight is 389 g/mol. The number of nitrogens with one attached hydrogen (secondary N) is 2. The van der Waals surface area contributed by atoms with E-state index in [9.17, 15) is 4.79 Å². The first-order chi connectivity index (χ1) is 14.0. The minimum absolute atomic E-state index is 0.210.